The van der Waals surface area contributed by atoms with Gasteiger partial charge in [-0.05, 0) is 43.9 Å². The van der Waals surface area contributed by atoms with E-state index in [1.807, 2.05) is 47.3 Å². The van der Waals surface area contributed by atoms with Crippen molar-refractivity contribution in [2.24, 2.45) is 10.9 Å². The highest BCUT2D eigenvalue weighted by molar-refractivity contribution is 5.79. The number of benzene rings is 1. The molecule has 116 valence electrons. The molecule has 0 radical (unpaired) electrons. The van der Waals surface area contributed by atoms with E-state index in [4.69, 9.17) is 0 Å². The number of nitrogens with one attached hydrogen (secondary N) is 2. The molecule has 0 saturated heterocycles. The van der Waals surface area contributed by atoms with Gasteiger partial charge in [-0.2, -0.15) is 5.10 Å². The van der Waals surface area contributed by atoms with Gasteiger partial charge in [-0.25, -0.2) is 9.67 Å². The summed E-state index contributed by atoms with van der Waals surface area (Å²) in [6.45, 7) is 4.55. The normalized spacial score (nSPS) is 14.9. The Morgan fingerprint density at radius 2 is 2.05 bits per heavy atom. The zero-order chi connectivity index (χ0) is 15.2. The molecule has 1 aromatic carbocycles. The maximum atomic E-state index is 4.61. The maximum Gasteiger partial charge on any atom is 0.191 e. The fraction of sp³-hybridized carbons (Fsp3) is 0.412. The van der Waals surface area contributed by atoms with E-state index in [2.05, 4.69) is 27.6 Å². The number of aromatic nitrogens is 2. The van der Waals surface area contributed by atoms with E-state index >= 15 is 0 Å². The van der Waals surface area contributed by atoms with Gasteiger partial charge in [0.2, 0.25) is 0 Å². The quantitative estimate of drug-likeness (QED) is 0.635. The number of aliphatic imine (C=N–C) groups is 1. The van der Waals surface area contributed by atoms with Gasteiger partial charge in [-0.3, -0.25) is 0 Å². The summed E-state index contributed by atoms with van der Waals surface area (Å²) in [5.41, 5.74) is 2.03. The Kier molecular flexibility index (Phi) is 4.73. The van der Waals surface area contributed by atoms with Gasteiger partial charge in [-0.15, -0.1) is 0 Å². The van der Waals surface area contributed by atoms with Crippen LogP contribution < -0.4 is 10.6 Å². The highest BCUT2D eigenvalue weighted by atomic mass is 15.3. The predicted molar refractivity (Wildman–Crippen MR) is 89.1 cm³/mol. The molecule has 1 heterocycles. The fourth-order valence-electron chi connectivity index (χ4n) is 2.24. The minimum Gasteiger partial charge on any atom is -0.357 e. The third-order valence-corrected chi connectivity index (χ3v) is 3.66. The molecule has 0 amide bonds. The summed E-state index contributed by atoms with van der Waals surface area (Å²) in [5, 5.41) is 11.2. The van der Waals surface area contributed by atoms with Crippen molar-refractivity contribution < 1.29 is 0 Å². The van der Waals surface area contributed by atoms with Crippen molar-refractivity contribution in [1.82, 2.24) is 20.4 Å². The average molecular weight is 297 g/mol. The molecule has 1 saturated carbocycles. The molecule has 1 aliphatic rings. The second-order valence-corrected chi connectivity index (χ2v) is 5.61. The zero-order valence-corrected chi connectivity index (χ0v) is 13.0. The van der Waals surface area contributed by atoms with Crippen LogP contribution in [0.1, 0.15) is 25.5 Å². The van der Waals surface area contributed by atoms with Crippen LogP contribution in [-0.2, 0) is 6.54 Å². The Morgan fingerprint density at radius 1 is 1.23 bits per heavy atom. The molecule has 0 bridgehead atoms. The maximum absolute atomic E-state index is 4.61. The molecule has 3 rings (SSSR count). The van der Waals surface area contributed by atoms with Crippen molar-refractivity contribution in [3.05, 3.63) is 48.3 Å². The summed E-state index contributed by atoms with van der Waals surface area (Å²) in [7, 11) is 0. The molecular weight excluding hydrogens is 274 g/mol. The second-order valence-electron chi connectivity index (χ2n) is 5.61. The van der Waals surface area contributed by atoms with Crippen molar-refractivity contribution in [3.63, 3.8) is 0 Å². The molecule has 0 spiro atoms. The van der Waals surface area contributed by atoms with E-state index in [0.29, 0.717) is 6.54 Å². The van der Waals surface area contributed by atoms with Crippen LogP contribution in [0.5, 0.6) is 0 Å². The topological polar surface area (TPSA) is 54.2 Å². The highest BCUT2D eigenvalue weighted by Gasteiger charge is 2.21. The molecule has 0 unspecified atom stereocenters. The monoisotopic (exact) mass is 297 g/mol. The summed E-state index contributed by atoms with van der Waals surface area (Å²) in [5.74, 6) is 1.71. The summed E-state index contributed by atoms with van der Waals surface area (Å²) >= 11 is 0. The summed E-state index contributed by atoms with van der Waals surface area (Å²) in [6, 6.07) is 12.1. The summed E-state index contributed by atoms with van der Waals surface area (Å²) in [6.07, 6.45) is 4.66. The fourth-order valence-corrected chi connectivity index (χ4v) is 2.24. The standard InChI is InChI=1S/C17H23N5/c1-2-18-17(19-12-14-8-9-14)20-13-15-10-11-22(21-15)16-6-4-3-5-7-16/h3-7,10-11,14H,2,8-9,12-13H2,1H3,(H2,18,19,20). The van der Waals surface area contributed by atoms with Crippen molar-refractivity contribution >= 4 is 5.96 Å². The third-order valence-electron chi connectivity index (χ3n) is 3.66. The lowest BCUT2D eigenvalue weighted by atomic mass is 10.3. The van der Waals surface area contributed by atoms with E-state index in [1.54, 1.807) is 0 Å². The van der Waals surface area contributed by atoms with Gasteiger partial charge >= 0.3 is 0 Å². The Hall–Kier alpha value is -2.30. The Bertz CT molecular complexity index is 613. The first-order valence-electron chi connectivity index (χ1n) is 7.97. The molecule has 2 aromatic rings. The molecule has 0 aliphatic heterocycles. The predicted octanol–water partition coefficient (Wildman–Crippen LogP) is 2.34. The molecule has 0 atom stereocenters. The smallest absolute Gasteiger partial charge is 0.191 e. The van der Waals surface area contributed by atoms with Crippen LogP contribution in [0, 0.1) is 5.92 Å². The second kappa shape index (κ2) is 7.11. The van der Waals surface area contributed by atoms with Gasteiger partial charge in [0.05, 0.1) is 17.9 Å². The number of hydrogen-bond donors (Lipinski definition) is 2. The lowest BCUT2D eigenvalue weighted by Gasteiger charge is -2.10. The molecule has 1 aromatic heterocycles. The third kappa shape index (κ3) is 4.10. The number of rotatable bonds is 6. The van der Waals surface area contributed by atoms with Crippen LogP contribution in [0.25, 0.3) is 5.69 Å². The van der Waals surface area contributed by atoms with Crippen LogP contribution in [-0.4, -0.2) is 28.8 Å². The molecular formula is C17H23N5. The average Bonchev–Trinajstić information content (AvgIpc) is 3.27. The largest absolute Gasteiger partial charge is 0.357 e. The van der Waals surface area contributed by atoms with E-state index < -0.39 is 0 Å². The first-order chi connectivity index (χ1) is 10.8. The van der Waals surface area contributed by atoms with Gasteiger partial charge in [0.25, 0.3) is 0 Å². The molecule has 1 aliphatic carbocycles. The van der Waals surface area contributed by atoms with Crippen LogP contribution >= 0.6 is 0 Å². The SMILES string of the molecule is CCNC(=NCc1ccn(-c2ccccc2)n1)NCC1CC1. The lowest BCUT2D eigenvalue weighted by Crippen LogP contribution is -2.38. The van der Waals surface area contributed by atoms with Crippen molar-refractivity contribution in [1.29, 1.82) is 0 Å². The van der Waals surface area contributed by atoms with Gasteiger partial charge in [-0.1, -0.05) is 18.2 Å². The van der Waals surface area contributed by atoms with Crippen LogP contribution in [0.4, 0.5) is 0 Å². The summed E-state index contributed by atoms with van der Waals surface area (Å²) < 4.78 is 1.88. The number of para-hydroxylation sites is 1. The number of guanidine groups is 1. The van der Waals surface area contributed by atoms with Crippen molar-refractivity contribution in [2.75, 3.05) is 13.1 Å². The van der Waals surface area contributed by atoms with Gasteiger partial charge in [0, 0.05) is 19.3 Å². The lowest BCUT2D eigenvalue weighted by molar-refractivity contribution is 0.736. The van der Waals surface area contributed by atoms with Crippen molar-refractivity contribution in [2.45, 2.75) is 26.3 Å². The zero-order valence-electron chi connectivity index (χ0n) is 13.0. The molecule has 22 heavy (non-hydrogen) atoms. The molecule has 2 N–H and O–H groups in total. The van der Waals surface area contributed by atoms with Crippen LogP contribution in [0.2, 0.25) is 0 Å². The number of nitrogens with zero attached hydrogens (tertiary/aromatic N) is 3. The van der Waals surface area contributed by atoms with Gasteiger partial charge < -0.3 is 10.6 Å². The highest BCUT2D eigenvalue weighted by Crippen LogP contribution is 2.27. The van der Waals surface area contributed by atoms with Crippen LogP contribution in [0.3, 0.4) is 0 Å². The minimum atomic E-state index is 0.583. The number of hydrogen-bond acceptors (Lipinski definition) is 2. The first kappa shape index (κ1) is 14.6. The molecule has 5 heteroatoms. The van der Waals surface area contributed by atoms with E-state index in [1.165, 1.54) is 12.8 Å². The molecule has 1 fully saturated rings. The van der Waals surface area contributed by atoms with Crippen LogP contribution in [0.15, 0.2) is 47.6 Å². The van der Waals surface area contributed by atoms with Crippen molar-refractivity contribution in [3.8, 4) is 5.69 Å². The first-order valence-corrected chi connectivity index (χ1v) is 7.97. The minimum absolute atomic E-state index is 0.583. The molecule has 5 nitrogen and oxygen atoms in total. The van der Waals surface area contributed by atoms with Gasteiger partial charge in [0.1, 0.15) is 0 Å². The Balaban J connectivity index is 1.61. The summed E-state index contributed by atoms with van der Waals surface area (Å²) in [4.78, 5) is 4.61. The van der Waals surface area contributed by atoms with Gasteiger partial charge in [0.15, 0.2) is 5.96 Å². The van der Waals surface area contributed by atoms with E-state index in [-0.39, 0.29) is 0 Å². The van der Waals surface area contributed by atoms with E-state index in [9.17, 15) is 0 Å². The van der Waals surface area contributed by atoms with E-state index in [0.717, 1.165) is 36.3 Å². The Labute approximate surface area is 131 Å². The Morgan fingerprint density at radius 3 is 2.77 bits per heavy atom.